The summed E-state index contributed by atoms with van der Waals surface area (Å²) < 4.78 is 1.91. The molecule has 2 fully saturated rings. The number of nitrogens with one attached hydrogen (secondary N) is 1. The molecule has 2 heterocycles. The molecule has 1 atom stereocenters. The number of piperidine rings is 1. The van der Waals surface area contributed by atoms with Gasteiger partial charge in [-0.15, -0.1) is 0 Å². The summed E-state index contributed by atoms with van der Waals surface area (Å²) in [6, 6.07) is 0.495. The van der Waals surface area contributed by atoms with Crippen LogP contribution >= 0.6 is 0 Å². The van der Waals surface area contributed by atoms with Gasteiger partial charge in [-0.3, -0.25) is 4.68 Å². The van der Waals surface area contributed by atoms with Crippen molar-refractivity contribution in [1.29, 1.82) is 0 Å². The van der Waals surface area contributed by atoms with Crippen molar-refractivity contribution in [3.63, 3.8) is 0 Å². The number of urea groups is 1. The van der Waals surface area contributed by atoms with Crippen LogP contribution in [0, 0.1) is 19.8 Å². The highest BCUT2D eigenvalue weighted by Gasteiger charge is 2.33. The second kappa shape index (κ2) is 7.77. The monoisotopic (exact) mass is 347 g/mol. The molecule has 1 aliphatic carbocycles. The molecule has 0 bridgehead atoms. The third-order valence-corrected chi connectivity index (χ3v) is 5.79. The summed E-state index contributed by atoms with van der Waals surface area (Å²) in [7, 11) is 4.16. The fourth-order valence-corrected chi connectivity index (χ4v) is 3.96. The molecule has 0 spiro atoms. The highest BCUT2D eigenvalue weighted by Crippen LogP contribution is 2.29. The minimum Gasteiger partial charge on any atom is -0.338 e. The summed E-state index contributed by atoms with van der Waals surface area (Å²) in [6.07, 6.45) is 5.90. The SMILES string of the molecule is Cc1nn(C)c(C)c1CN(C(=O)NCC[C@@H]1CCCN(C)C1)C1CC1. The molecular formula is C19H33N5O. The Morgan fingerprint density at radius 1 is 1.28 bits per heavy atom. The number of hydrogen-bond donors (Lipinski definition) is 1. The minimum atomic E-state index is 0.0920. The van der Waals surface area contributed by atoms with Gasteiger partial charge in [-0.05, 0) is 65.5 Å². The lowest BCUT2D eigenvalue weighted by molar-refractivity contribution is 0.184. The van der Waals surface area contributed by atoms with Gasteiger partial charge in [0.25, 0.3) is 0 Å². The van der Waals surface area contributed by atoms with E-state index in [2.05, 4.69) is 29.3 Å². The molecule has 2 aliphatic rings. The zero-order chi connectivity index (χ0) is 18.0. The number of amides is 2. The van der Waals surface area contributed by atoms with Gasteiger partial charge in [0.2, 0.25) is 0 Å². The van der Waals surface area contributed by atoms with Crippen molar-refractivity contribution in [1.82, 2.24) is 24.9 Å². The first kappa shape index (κ1) is 18.2. The van der Waals surface area contributed by atoms with Gasteiger partial charge in [-0.1, -0.05) is 0 Å². The molecule has 1 saturated heterocycles. The number of aryl methyl sites for hydroxylation is 2. The van der Waals surface area contributed by atoms with Crippen LogP contribution in [0.5, 0.6) is 0 Å². The van der Waals surface area contributed by atoms with Crippen LogP contribution in [0.2, 0.25) is 0 Å². The highest BCUT2D eigenvalue weighted by atomic mass is 16.2. The minimum absolute atomic E-state index is 0.0920. The van der Waals surface area contributed by atoms with Crippen LogP contribution in [0.1, 0.15) is 49.1 Å². The third kappa shape index (κ3) is 4.54. The van der Waals surface area contributed by atoms with E-state index in [1.54, 1.807) is 0 Å². The molecule has 2 amide bonds. The summed E-state index contributed by atoms with van der Waals surface area (Å²) in [5.41, 5.74) is 3.38. The van der Waals surface area contributed by atoms with Crippen molar-refractivity contribution in [2.45, 2.75) is 58.5 Å². The lowest BCUT2D eigenvalue weighted by Crippen LogP contribution is -2.42. The first-order chi connectivity index (χ1) is 12.0. The fourth-order valence-electron chi connectivity index (χ4n) is 3.96. The lowest BCUT2D eigenvalue weighted by atomic mass is 9.95. The van der Waals surface area contributed by atoms with E-state index in [0.717, 1.165) is 49.7 Å². The van der Waals surface area contributed by atoms with Crippen LogP contribution in [0.3, 0.4) is 0 Å². The van der Waals surface area contributed by atoms with E-state index in [1.165, 1.54) is 24.9 Å². The zero-order valence-electron chi connectivity index (χ0n) is 16.2. The van der Waals surface area contributed by atoms with Gasteiger partial charge in [-0.2, -0.15) is 5.10 Å². The van der Waals surface area contributed by atoms with Crippen molar-refractivity contribution in [3.8, 4) is 0 Å². The molecular weight excluding hydrogens is 314 g/mol. The summed E-state index contributed by atoms with van der Waals surface area (Å²) in [5, 5.41) is 7.66. The lowest BCUT2D eigenvalue weighted by Gasteiger charge is -2.30. The average Bonchev–Trinajstić information content (AvgIpc) is 3.36. The van der Waals surface area contributed by atoms with Crippen molar-refractivity contribution in [3.05, 3.63) is 17.0 Å². The Hall–Kier alpha value is -1.56. The molecule has 0 aromatic carbocycles. The van der Waals surface area contributed by atoms with E-state index >= 15 is 0 Å². The van der Waals surface area contributed by atoms with Gasteiger partial charge in [-0.25, -0.2) is 4.79 Å². The molecule has 25 heavy (non-hydrogen) atoms. The molecule has 6 heteroatoms. The van der Waals surface area contributed by atoms with E-state index in [4.69, 9.17) is 0 Å². The molecule has 1 N–H and O–H groups in total. The summed E-state index contributed by atoms with van der Waals surface area (Å²) in [5.74, 6) is 0.719. The Morgan fingerprint density at radius 3 is 2.64 bits per heavy atom. The predicted molar refractivity (Wildman–Crippen MR) is 99.5 cm³/mol. The Bertz CT molecular complexity index is 607. The Balaban J connectivity index is 1.53. The van der Waals surface area contributed by atoms with Crippen molar-refractivity contribution in [2.75, 3.05) is 26.7 Å². The van der Waals surface area contributed by atoms with Crippen LogP contribution in [0.25, 0.3) is 0 Å². The standard InChI is InChI=1S/C19H33N5O/c1-14-18(15(2)23(4)21-14)13-24(17-7-8-17)19(25)20-10-9-16-6-5-11-22(3)12-16/h16-17H,5-13H2,1-4H3,(H,20,25)/t16-/m0/s1. The van der Waals surface area contributed by atoms with Crippen molar-refractivity contribution < 1.29 is 4.79 Å². The topological polar surface area (TPSA) is 53.4 Å². The molecule has 1 aromatic heterocycles. The molecule has 0 radical (unpaired) electrons. The first-order valence-electron chi connectivity index (χ1n) is 9.67. The summed E-state index contributed by atoms with van der Waals surface area (Å²) in [6.45, 7) is 7.95. The van der Waals surface area contributed by atoms with E-state index < -0.39 is 0 Å². The second-order valence-corrected chi connectivity index (χ2v) is 7.92. The van der Waals surface area contributed by atoms with Crippen LogP contribution in [0.4, 0.5) is 4.79 Å². The van der Waals surface area contributed by atoms with Crippen LogP contribution < -0.4 is 5.32 Å². The van der Waals surface area contributed by atoms with Crippen molar-refractivity contribution in [2.24, 2.45) is 13.0 Å². The number of rotatable bonds is 6. The molecule has 1 saturated carbocycles. The van der Waals surface area contributed by atoms with Gasteiger partial charge >= 0.3 is 6.03 Å². The smallest absolute Gasteiger partial charge is 0.317 e. The molecule has 1 aliphatic heterocycles. The van der Waals surface area contributed by atoms with E-state index in [-0.39, 0.29) is 6.03 Å². The van der Waals surface area contributed by atoms with Gasteiger partial charge in [0, 0.05) is 37.4 Å². The number of hydrogen-bond acceptors (Lipinski definition) is 3. The fraction of sp³-hybridized carbons (Fsp3) is 0.789. The highest BCUT2D eigenvalue weighted by molar-refractivity contribution is 5.75. The Labute approximate surface area is 151 Å². The van der Waals surface area contributed by atoms with E-state index in [1.807, 2.05) is 23.6 Å². The normalized spacial score (nSPS) is 21.4. The number of carbonyl (C=O) groups excluding carboxylic acids is 1. The number of carbonyl (C=O) groups is 1. The molecule has 6 nitrogen and oxygen atoms in total. The number of nitrogens with zero attached hydrogens (tertiary/aromatic N) is 4. The molecule has 3 rings (SSSR count). The maximum atomic E-state index is 12.7. The summed E-state index contributed by atoms with van der Waals surface area (Å²) >= 11 is 0. The van der Waals surface area contributed by atoms with Gasteiger partial charge in [0.1, 0.15) is 0 Å². The Morgan fingerprint density at radius 2 is 2.04 bits per heavy atom. The number of likely N-dealkylation sites (tertiary alicyclic amines) is 1. The molecule has 1 aromatic rings. The zero-order valence-corrected chi connectivity index (χ0v) is 16.2. The maximum absolute atomic E-state index is 12.7. The number of aromatic nitrogens is 2. The third-order valence-electron chi connectivity index (χ3n) is 5.79. The predicted octanol–water partition coefficient (Wildman–Crippen LogP) is 2.44. The van der Waals surface area contributed by atoms with Crippen LogP contribution in [-0.4, -0.2) is 58.3 Å². The quantitative estimate of drug-likeness (QED) is 0.860. The van der Waals surface area contributed by atoms with E-state index in [0.29, 0.717) is 12.6 Å². The Kier molecular flexibility index (Phi) is 5.67. The van der Waals surface area contributed by atoms with Crippen LogP contribution in [0.15, 0.2) is 0 Å². The summed E-state index contributed by atoms with van der Waals surface area (Å²) in [4.78, 5) is 17.2. The average molecular weight is 348 g/mol. The first-order valence-corrected chi connectivity index (χ1v) is 9.67. The van der Waals surface area contributed by atoms with E-state index in [9.17, 15) is 4.79 Å². The van der Waals surface area contributed by atoms with Gasteiger partial charge < -0.3 is 15.1 Å². The van der Waals surface area contributed by atoms with Crippen LogP contribution in [-0.2, 0) is 13.6 Å². The van der Waals surface area contributed by atoms with Gasteiger partial charge in [0.05, 0.1) is 12.2 Å². The van der Waals surface area contributed by atoms with Gasteiger partial charge in [0.15, 0.2) is 0 Å². The largest absolute Gasteiger partial charge is 0.338 e. The molecule has 0 unspecified atom stereocenters. The second-order valence-electron chi connectivity index (χ2n) is 7.92. The molecule has 140 valence electrons. The maximum Gasteiger partial charge on any atom is 0.317 e. The van der Waals surface area contributed by atoms with Crippen molar-refractivity contribution >= 4 is 6.03 Å².